The summed E-state index contributed by atoms with van der Waals surface area (Å²) < 4.78 is 0. The second-order valence-electron chi connectivity index (χ2n) is 8.26. The van der Waals surface area contributed by atoms with E-state index in [-0.39, 0.29) is 18.5 Å². The van der Waals surface area contributed by atoms with Crippen LogP contribution in [0.15, 0.2) is 18.2 Å². The summed E-state index contributed by atoms with van der Waals surface area (Å²) in [6, 6.07) is 5.39. The number of hydrogen-bond acceptors (Lipinski definition) is 3. The molecule has 2 N–H and O–H groups in total. The van der Waals surface area contributed by atoms with Crippen LogP contribution in [0.4, 0.5) is 16.2 Å². The molecule has 3 aliphatic rings. The van der Waals surface area contributed by atoms with Crippen molar-refractivity contribution in [3.63, 3.8) is 0 Å². The van der Waals surface area contributed by atoms with Gasteiger partial charge in [-0.15, -0.1) is 0 Å². The van der Waals surface area contributed by atoms with Crippen LogP contribution in [0.5, 0.6) is 0 Å². The van der Waals surface area contributed by atoms with E-state index in [1.165, 1.54) is 12.8 Å². The minimum atomic E-state index is -0.878. The highest BCUT2D eigenvalue weighted by Crippen LogP contribution is 2.36. The molecule has 1 aromatic carbocycles. The maximum Gasteiger partial charge on any atom is 0.321 e. The lowest BCUT2D eigenvalue weighted by Gasteiger charge is -2.30. The molecule has 27 heavy (non-hydrogen) atoms. The van der Waals surface area contributed by atoms with E-state index in [2.05, 4.69) is 5.32 Å². The molecular formula is C20H25N3O4. The van der Waals surface area contributed by atoms with Crippen LogP contribution in [0.2, 0.25) is 0 Å². The Balaban J connectivity index is 1.45. The summed E-state index contributed by atoms with van der Waals surface area (Å²) in [4.78, 5) is 39.6. The number of nitrogens with one attached hydrogen (secondary N) is 1. The van der Waals surface area contributed by atoms with Crippen molar-refractivity contribution in [2.24, 2.45) is 11.3 Å². The first-order chi connectivity index (χ1) is 12.9. The predicted octanol–water partition coefficient (Wildman–Crippen LogP) is 2.70. The maximum atomic E-state index is 12.5. The minimum absolute atomic E-state index is 0.177. The van der Waals surface area contributed by atoms with Crippen molar-refractivity contribution in [2.75, 3.05) is 29.9 Å². The lowest BCUT2D eigenvalue weighted by molar-refractivity contribution is -0.147. The number of nitrogens with zero attached hydrogens (tertiary/aromatic N) is 2. The van der Waals surface area contributed by atoms with Crippen LogP contribution in [0.1, 0.15) is 38.2 Å². The lowest BCUT2D eigenvalue weighted by Crippen LogP contribution is -2.37. The number of hydrogen-bond donors (Lipinski definition) is 2. The van der Waals surface area contributed by atoms with Gasteiger partial charge in [-0.05, 0) is 62.3 Å². The van der Waals surface area contributed by atoms with Crippen molar-refractivity contribution >= 4 is 29.3 Å². The summed E-state index contributed by atoms with van der Waals surface area (Å²) in [6.45, 7) is 3.11. The standard InChI is InChI=1S/C20H25N3O4/c1-20(18(25)26)8-9-22(12-20)19(27)21-15-5-6-16-14(10-15)4-7-17(24)23(16)11-13-2-3-13/h5-6,10,13H,2-4,7-9,11-12H2,1H3,(H,21,27)(H,25,26). The van der Waals surface area contributed by atoms with Crippen molar-refractivity contribution < 1.29 is 19.5 Å². The number of carbonyl (C=O) groups is 3. The summed E-state index contributed by atoms with van der Waals surface area (Å²) in [5.74, 6) is -0.0683. The van der Waals surface area contributed by atoms with E-state index in [4.69, 9.17) is 0 Å². The topological polar surface area (TPSA) is 90.0 Å². The van der Waals surface area contributed by atoms with Crippen molar-refractivity contribution in [1.82, 2.24) is 4.90 Å². The molecule has 1 unspecified atom stereocenters. The molecule has 144 valence electrons. The Hall–Kier alpha value is -2.57. The van der Waals surface area contributed by atoms with E-state index in [0.29, 0.717) is 37.4 Å². The van der Waals surface area contributed by atoms with Gasteiger partial charge in [0.1, 0.15) is 0 Å². The number of amides is 3. The van der Waals surface area contributed by atoms with E-state index in [0.717, 1.165) is 17.8 Å². The number of urea groups is 1. The average Bonchev–Trinajstić information content (AvgIpc) is 3.36. The number of benzene rings is 1. The zero-order valence-electron chi connectivity index (χ0n) is 15.5. The van der Waals surface area contributed by atoms with Crippen LogP contribution in [0, 0.1) is 11.3 Å². The summed E-state index contributed by atoms with van der Waals surface area (Å²) in [5.41, 5.74) is 1.83. The molecule has 1 aliphatic carbocycles. The number of aryl methyl sites for hydroxylation is 1. The second-order valence-corrected chi connectivity index (χ2v) is 8.26. The first-order valence-corrected chi connectivity index (χ1v) is 9.58. The van der Waals surface area contributed by atoms with Gasteiger partial charge in [0, 0.05) is 37.4 Å². The first-order valence-electron chi connectivity index (χ1n) is 9.58. The second kappa shape index (κ2) is 6.55. The van der Waals surface area contributed by atoms with Gasteiger partial charge < -0.3 is 20.2 Å². The molecule has 1 saturated carbocycles. The largest absolute Gasteiger partial charge is 0.481 e. The Morgan fingerprint density at radius 2 is 2.07 bits per heavy atom. The number of anilines is 2. The Morgan fingerprint density at radius 1 is 1.30 bits per heavy atom. The Morgan fingerprint density at radius 3 is 2.74 bits per heavy atom. The number of likely N-dealkylation sites (tertiary alicyclic amines) is 1. The third-order valence-electron chi connectivity index (χ3n) is 5.95. The summed E-state index contributed by atoms with van der Waals surface area (Å²) in [6.07, 6.45) is 4.02. The van der Waals surface area contributed by atoms with Crippen molar-refractivity contribution in [2.45, 2.75) is 39.0 Å². The molecule has 7 heteroatoms. The highest BCUT2D eigenvalue weighted by atomic mass is 16.4. The first kappa shape index (κ1) is 17.8. The molecule has 1 aromatic rings. The maximum absolute atomic E-state index is 12.5. The highest BCUT2D eigenvalue weighted by molar-refractivity contribution is 5.97. The fraction of sp³-hybridized carbons (Fsp3) is 0.550. The molecule has 0 aromatic heterocycles. The van der Waals surface area contributed by atoms with Gasteiger partial charge in [0.2, 0.25) is 5.91 Å². The highest BCUT2D eigenvalue weighted by Gasteiger charge is 2.42. The van der Waals surface area contributed by atoms with Gasteiger partial charge in [-0.25, -0.2) is 4.79 Å². The Kier molecular flexibility index (Phi) is 4.32. The SMILES string of the molecule is CC1(C(=O)O)CCN(C(=O)Nc2ccc3c(c2)CCC(=O)N3CC2CC2)C1. The average molecular weight is 371 g/mol. The van der Waals surface area contributed by atoms with E-state index in [1.54, 1.807) is 11.8 Å². The van der Waals surface area contributed by atoms with Gasteiger partial charge in [0.05, 0.1) is 5.41 Å². The third kappa shape index (κ3) is 3.50. The molecule has 1 saturated heterocycles. The number of carboxylic acids is 1. The molecule has 4 rings (SSSR count). The van der Waals surface area contributed by atoms with Crippen LogP contribution < -0.4 is 10.2 Å². The normalized spacial score (nSPS) is 24.7. The van der Waals surface area contributed by atoms with Crippen molar-refractivity contribution in [1.29, 1.82) is 0 Å². The number of rotatable bonds is 4. The van der Waals surface area contributed by atoms with Crippen LogP contribution in [-0.2, 0) is 16.0 Å². The zero-order valence-corrected chi connectivity index (χ0v) is 15.5. The molecule has 2 aliphatic heterocycles. The van der Waals surface area contributed by atoms with E-state index < -0.39 is 11.4 Å². The summed E-state index contributed by atoms with van der Waals surface area (Å²) in [7, 11) is 0. The molecule has 3 amide bonds. The molecule has 0 bridgehead atoms. The zero-order chi connectivity index (χ0) is 19.2. The molecular weight excluding hydrogens is 346 g/mol. The number of aliphatic carboxylic acids is 1. The van der Waals surface area contributed by atoms with E-state index >= 15 is 0 Å². The predicted molar refractivity (Wildman–Crippen MR) is 101 cm³/mol. The number of carbonyl (C=O) groups excluding carboxylic acids is 2. The van der Waals surface area contributed by atoms with Gasteiger partial charge in [0.15, 0.2) is 0 Å². The van der Waals surface area contributed by atoms with E-state index in [1.807, 2.05) is 23.1 Å². The van der Waals surface area contributed by atoms with Crippen LogP contribution >= 0.6 is 0 Å². The number of fused-ring (bicyclic) bond motifs is 1. The van der Waals surface area contributed by atoms with Gasteiger partial charge >= 0.3 is 12.0 Å². The van der Waals surface area contributed by atoms with Crippen LogP contribution in [0.3, 0.4) is 0 Å². The van der Waals surface area contributed by atoms with Gasteiger partial charge in [-0.1, -0.05) is 0 Å². The molecule has 0 spiro atoms. The molecule has 1 atom stereocenters. The van der Waals surface area contributed by atoms with Gasteiger partial charge in [-0.3, -0.25) is 9.59 Å². The quantitative estimate of drug-likeness (QED) is 0.851. The van der Waals surface area contributed by atoms with Crippen molar-refractivity contribution in [3.8, 4) is 0 Å². The molecule has 7 nitrogen and oxygen atoms in total. The third-order valence-corrected chi connectivity index (χ3v) is 5.95. The monoisotopic (exact) mass is 371 g/mol. The van der Waals surface area contributed by atoms with E-state index in [9.17, 15) is 19.5 Å². The van der Waals surface area contributed by atoms with Crippen LogP contribution in [0.25, 0.3) is 0 Å². The number of carboxylic acid groups (broad SMARTS) is 1. The fourth-order valence-electron chi connectivity index (χ4n) is 3.91. The van der Waals surface area contributed by atoms with Crippen LogP contribution in [-0.4, -0.2) is 47.5 Å². The Labute approximate surface area is 158 Å². The Bertz CT molecular complexity index is 804. The molecule has 0 radical (unpaired) electrons. The summed E-state index contributed by atoms with van der Waals surface area (Å²) >= 11 is 0. The fourth-order valence-corrected chi connectivity index (χ4v) is 3.91. The van der Waals surface area contributed by atoms with Crippen molar-refractivity contribution in [3.05, 3.63) is 23.8 Å². The molecule has 2 fully saturated rings. The van der Waals surface area contributed by atoms with Gasteiger partial charge in [-0.2, -0.15) is 0 Å². The smallest absolute Gasteiger partial charge is 0.321 e. The molecule has 2 heterocycles. The lowest BCUT2D eigenvalue weighted by atomic mass is 9.90. The van der Waals surface area contributed by atoms with Gasteiger partial charge in [0.25, 0.3) is 0 Å². The summed E-state index contributed by atoms with van der Waals surface area (Å²) in [5, 5.41) is 12.2. The minimum Gasteiger partial charge on any atom is -0.481 e.